The molecule has 0 unspecified atom stereocenters. The predicted octanol–water partition coefficient (Wildman–Crippen LogP) is 1.70. The van der Waals surface area contributed by atoms with Gasteiger partial charge in [0.05, 0.1) is 13.1 Å². The van der Waals surface area contributed by atoms with E-state index in [1.165, 1.54) is 18.5 Å². The fourth-order valence-electron chi connectivity index (χ4n) is 1.58. The van der Waals surface area contributed by atoms with Crippen LogP contribution in [0.2, 0.25) is 0 Å². The minimum atomic E-state index is -2.89. The molecular weight excluding hydrogens is 238 g/mol. The van der Waals surface area contributed by atoms with Gasteiger partial charge in [-0.25, -0.2) is 0 Å². The van der Waals surface area contributed by atoms with E-state index in [1.807, 2.05) is 0 Å². The summed E-state index contributed by atoms with van der Waals surface area (Å²) < 4.78 is 29.2. The van der Waals surface area contributed by atoms with Gasteiger partial charge in [-0.15, -0.1) is 10.2 Å². The highest BCUT2D eigenvalue weighted by molar-refractivity contribution is 5.20. The van der Waals surface area contributed by atoms with Gasteiger partial charge >= 0.3 is 0 Å². The largest absolute Gasteiger partial charge is 0.320 e. The van der Waals surface area contributed by atoms with Crippen LogP contribution in [0.5, 0.6) is 0 Å². The zero-order valence-corrected chi connectivity index (χ0v) is 9.98. The first-order valence-corrected chi connectivity index (χ1v) is 5.56. The average molecular weight is 252 g/mol. The van der Waals surface area contributed by atoms with Crippen molar-refractivity contribution < 1.29 is 8.78 Å². The Morgan fingerprint density at radius 3 is 2.61 bits per heavy atom. The van der Waals surface area contributed by atoms with Crippen molar-refractivity contribution in [1.82, 2.24) is 20.1 Å². The lowest BCUT2D eigenvalue weighted by Gasteiger charge is -2.17. The van der Waals surface area contributed by atoms with Gasteiger partial charge < -0.3 is 9.88 Å². The molecule has 96 valence electrons. The molecule has 0 saturated carbocycles. The molecule has 0 aliphatic heterocycles. The predicted molar refractivity (Wildman–Crippen MR) is 63.0 cm³/mol. The van der Waals surface area contributed by atoms with Crippen molar-refractivity contribution in [3.05, 3.63) is 48.0 Å². The van der Waals surface area contributed by atoms with Gasteiger partial charge in [0, 0.05) is 12.6 Å². The van der Waals surface area contributed by atoms with E-state index in [4.69, 9.17) is 0 Å². The lowest BCUT2D eigenvalue weighted by Crippen LogP contribution is -2.31. The van der Waals surface area contributed by atoms with Gasteiger partial charge in [0.1, 0.15) is 12.2 Å². The first-order valence-electron chi connectivity index (χ1n) is 5.56. The molecule has 0 aliphatic carbocycles. The number of nitrogens with one attached hydrogen (secondary N) is 1. The van der Waals surface area contributed by atoms with Gasteiger partial charge in [-0.2, -0.15) is 8.78 Å². The molecule has 1 heterocycles. The minimum absolute atomic E-state index is 0.00969. The third-order valence-corrected chi connectivity index (χ3v) is 2.63. The molecule has 2 aromatic rings. The molecule has 0 saturated heterocycles. The Labute approximate surface area is 104 Å². The molecule has 1 aromatic heterocycles. The van der Waals surface area contributed by atoms with Crippen LogP contribution in [0.4, 0.5) is 8.78 Å². The highest BCUT2D eigenvalue weighted by Gasteiger charge is 2.30. The van der Waals surface area contributed by atoms with Gasteiger partial charge in [0.25, 0.3) is 5.92 Å². The quantitative estimate of drug-likeness (QED) is 0.880. The molecule has 0 spiro atoms. The van der Waals surface area contributed by atoms with Crippen molar-refractivity contribution in [3.8, 4) is 0 Å². The van der Waals surface area contributed by atoms with Gasteiger partial charge in [-0.3, -0.25) is 0 Å². The maximum absolute atomic E-state index is 13.8. The van der Waals surface area contributed by atoms with Crippen LogP contribution in [0.1, 0.15) is 11.4 Å². The van der Waals surface area contributed by atoms with Gasteiger partial charge in [-0.1, -0.05) is 30.3 Å². The summed E-state index contributed by atoms with van der Waals surface area (Å²) in [6, 6.07) is 7.76. The van der Waals surface area contributed by atoms with E-state index in [0.29, 0.717) is 5.82 Å². The van der Waals surface area contributed by atoms with Gasteiger partial charge in [-0.05, 0) is 0 Å². The van der Waals surface area contributed by atoms with Crippen molar-refractivity contribution in [2.45, 2.75) is 12.5 Å². The third kappa shape index (κ3) is 2.89. The van der Waals surface area contributed by atoms with E-state index >= 15 is 0 Å². The monoisotopic (exact) mass is 252 g/mol. The molecule has 0 fully saturated rings. The van der Waals surface area contributed by atoms with Gasteiger partial charge in [0.2, 0.25) is 0 Å². The van der Waals surface area contributed by atoms with Gasteiger partial charge in [0.15, 0.2) is 0 Å². The summed E-state index contributed by atoms with van der Waals surface area (Å²) in [5.41, 5.74) is 0.00969. The summed E-state index contributed by atoms with van der Waals surface area (Å²) in [5, 5.41) is 10.2. The fraction of sp³-hybridized carbons (Fsp3) is 0.333. The molecule has 0 aliphatic rings. The van der Waals surface area contributed by atoms with Crippen LogP contribution in [0.25, 0.3) is 0 Å². The van der Waals surface area contributed by atoms with Crippen LogP contribution >= 0.6 is 0 Å². The van der Waals surface area contributed by atoms with E-state index < -0.39 is 12.5 Å². The van der Waals surface area contributed by atoms with Crippen LogP contribution in [0.15, 0.2) is 36.7 Å². The number of alkyl halides is 2. The summed E-state index contributed by atoms with van der Waals surface area (Å²) >= 11 is 0. The second-order valence-corrected chi connectivity index (χ2v) is 4.03. The Hall–Kier alpha value is -1.82. The number of hydrogen-bond acceptors (Lipinski definition) is 3. The van der Waals surface area contributed by atoms with E-state index in [2.05, 4.69) is 15.5 Å². The molecule has 0 radical (unpaired) electrons. The first kappa shape index (κ1) is 12.6. The zero-order chi connectivity index (χ0) is 13.0. The second-order valence-electron chi connectivity index (χ2n) is 4.03. The van der Waals surface area contributed by atoms with Crippen LogP contribution < -0.4 is 5.32 Å². The average Bonchev–Trinajstić information content (AvgIpc) is 2.76. The number of rotatable bonds is 5. The number of benzene rings is 1. The highest BCUT2D eigenvalue weighted by Crippen LogP contribution is 2.26. The Kier molecular flexibility index (Phi) is 3.66. The number of hydrogen-bond donors (Lipinski definition) is 1. The summed E-state index contributed by atoms with van der Waals surface area (Å²) in [6.07, 6.45) is 1.53. The third-order valence-electron chi connectivity index (χ3n) is 2.63. The molecule has 0 atom stereocenters. The highest BCUT2D eigenvalue weighted by atomic mass is 19.3. The van der Waals surface area contributed by atoms with E-state index in [0.717, 1.165) is 0 Å². The molecule has 0 bridgehead atoms. The standard InChI is InChI=1S/C12H14F2N4/c1-18-9-16-17-11(18)7-15-8-12(13,14)10-5-3-2-4-6-10/h2-6,9,15H,7-8H2,1H3. The van der Waals surface area contributed by atoms with E-state index in [-0.39, 0.29) is 12.1 Å². The lowest BCUT2D eigenvalue weighted by molar-refractivity contribution is -0.00362. The van der Waals surface area contributed by atoms with Crippen LogP contribution in [0.3, 0.4) is 0 Å². The molecule has 0 amide bonds. The summed E-state index contributed by atoms with van der Waals surface area (Å²) in [4.78, 5) is 0. The number of nitrogens with zero attached hydrogens (tertiary/aromatic N) is 3. The van der Waals surface area contributed by atoms with Crippen molar-refractivity contribution in [3.63, 3.8) is 0 Å². The zero-order valence-electron chi connectivity index (χ0n) is 9.98. The molecule has 2 rings (SSSR count). The maximum Gasteiger partial charge on any atom is 0.285 e. The topological polar surface area (TPSA) is 42.7 Å². The molecule has 4 nitrogen and oxygen atoms in total. The van der Waals surface area contributed by atoms with Crippen molar-refractivity contribution in [2.24, 2.45) is 7.05 Å². The van der Waals surface area contributed by atoms with Crippen molar-refractivity contribution >= 4 is 0 Å². The molecule has 1 N–H and O–H groups in total. The number of aromatic nitrogens is 3. The van der Waals surface area contributed by atoms with Crippen LogP contribution in [-0.4, -0.2) is 21.3 Å². The Bertz CT molecular complexity index is 496. The SMILES string of the molecule is Cn1cnnc1CNCC(F)(F)c1ccccc1. The van der Waals surface area contributed by atoms with Crippen molar-refractivity contribution in [2.75, 3.05) is 6.54 Å². The van der Waals surface area contributed by atoms with E-state index in [1.54, 1.807) is 29.8 Å². The van der Waals surface area contributed by atoms with Crippen molar-refractivity contribution in [1.29, 1.82) is 0 Å². The first-order chi connectivity index (χ1) is 8.59. The molecular formula is C12H14F2N4. The summed E-state index contributed by atoms with van der Waals surface area (Å²) in [6.45, 7) is -0.164. The Morgan fingerprint density at radius 1 is 1.28 bits per heavy atom. The lowest BCUT2D eigenvalue weighted by atomic mass is 10.1. The second kappa shape index (κ2) is 5.22. The van der Waals surface area contributed by atoms with Crippen LogP contribution in [-0.2, 0) is 19.5 Å². The molecule has 1 aromatic carbocycles. The van der Waals surface area contributed by atoms with Crippen LogP contribution in [0, 0.1) is 0 Å². The normalized spacial score (nSPS) is 11.7. The smallest absolute Gasteiger partial charge is 0.285 e. The van der Waals surface area contributed by atoms with E-state index in [9.17, 15) is 8.78 Å². The Morgan fingerprint density at radius 2 is 2.00 bits per heavy atom. The maximum atomic E-state index is 13.8. The number of aryl methyl sites for hydroxylation is 1. The minimum Gasteiger partial charge on any atom is -0.320 e. The molecule has 6 heteroatoms. The number of halogens is 2. The molecule has 18 heavy (non-hydrogen) atoms. The summed E-state index contributed by atoms with van der Waals surface area (Å²) in [7, 11) is 1.77. The Balaban J connectivity index is 1.92. The summed E-state index contributed by atoms with van der Waals surface area (Å²) in [5.74, 6) is -2.27. The fourth-order valence-corrected chi connectivity index (χ4v) is 1.58.